The highest BCUT2D eigenvalue weighted by Gasteiger charge is 2.13. The van der Waals surface area contributed by atoms with Gasteiger partial charge in [-0.2, -0.15) is 0 Å². The summed E-state index contributed by atoms with van der Waals surface area (Å²) in [6.45, 7) is 0. The van der Waals surface area contributed by atoms with Crippen molar-refractivity contribution in [1.29, 1.82) is 0 Å². The molecule has 6 heteroatoms. The van der Waals surface area contributed by atoms with Gasteiger partial charge in [0.1, 0.15) is 10.0 Å². The Kier molecular flexibility index (Phi) is 2.70. The van der Waals surface area contributed by atoms with E-state index >= 15 is 0 Å². The van der Waals surface area contributed by atoms with Gasteiger partial charge < -0.3 is 4.42 Å². The van der Waals surface area contributed by atoms with Gasteiger partial charge in [-0.15, -0.1) is 0 Å². The van der Waals surface area contributed by atoms with Crippen LogP contribution in [0, 0.1) is 0 Å². The van der Waals surface area contributed by atoms with Gasteiger partial charge in [0.25, 0.3) is 0 Å². The fraction of sp³-hybridized carbons (Fsp3) is 0. The molecule has 1 rings (SSSR count). The summed E-state index contributed by atoms with van der Waals surface area (Å²) in [6, 6.07) is 0. The van der Waals surface area contributed by atoms with E-state index in [0.29, 0.717) is 0 Å². The van der Waals surface area contributed by atoms with E-state index in [1.54, 1.807) is 0 Å². The van der Waals surface area contributed by atoms with E-state index in [4.69, 9.17) is 46.4 Å². The first kappa shape index (κ1) is 9.20. The van der Waals surface area contributed by atoms with Gasteiger partial charge in [-0.25, -0.2) is 0 Å². The quantitative estimate of drug-likeness (QED) is 0.689. The van der Waals surface area contributed by atoms with Crippen LogP contribution in [0.5, 0.6) is 0 Å². The van der Waals surface area contributed by atoms with Crippen molar-refractivity contribution in [2.75, 3.05) is 0 Å². The van der Waals surface area contributed by atoms with Crippen LogP contribution in [0.25, 0.3) is 0 Å². The molecular weight excluding hydrogens is 234 g/mol. The van der Waals surface area contributed by atoms with Crippen LogP contribution in [0.3, 0.4) is 0 Å². The fourth-order valence-corrected chi connectivity index (χ4v) is 1.12. The van der Waals surface area contributed by atoms with E-state index in [0.717, 1.165) is 0 Å². The van der Waals surface area contributed by atoms with E-state index in [2.05, 4.69) is 4.42 Å². The summed E-state index contributed by atoms with van der Waals surface area (Å²) in [5.41, 5.74) is -0.630. The minimum absolute atomic E-state index is 0.258. The lowest BCUT2D eigenvalue weighted by Gasteiger charge is -1.95. The number of rotatable bonds is 0. The molecule has 0 unspecified atom stereocenters. The van der Waals surface area contributed by atoms with Crippen molar-refractivity contribution >= 4 is 46.4 Å². The van der Waals surface area contributed by atoms with Crippen molar-refractivity contribution in [3.8, 4) is 0 Å². The van der Waals surface area contributed by atoms with Crippen molar-refractivity contribution < 1.29 is 4.42 Å². The Balaban J connectivity index is 3.59. The van der Waals surface area contributed by atoms with Crippen LogP contribution >= 0.6 is 46.4 Å². The van der Waals surface area contributed by atoms with Crippen LogP contribution in [-0.4, -0.2) is 0 Å². The Hall–Kier alpha value is 0.110. The first-order valence-corrected chi connectivity index (χ1v) is 3.88. The van der Waals surface area contributed by atoms with E-state index in [9.17, 15) is 4.79 Å². The third-order valence-corrected chi connectivity index (χ3v) is 2.34. The summed E-state index contributed by atoms with van der Waals surface area (Å²) >= 11 is 21.4. The zero-order chi connectivity index (χ0) is 8.59. The molecule has 0 amide bonds. The minimum Gasteiger partial charge on any atom is -0.430 e. The fourth-order valence-electron chi connectivity index (χ4n) is 0.443. The minimum atomic E-state index is -0.630. The highest BCUT2D eigenvalue weighted by molar-refractivity contribution is 6.44. The summed E-state index contributed by atoms with van der Waals surface area (Å²) < 4.78 is 4.59. The third kappa shape index (κ3) is 1.64. The zero-order valence-electron chi connectivity index (χ0n) is 4.83. The molecular formula is C5Cl4O2. The van der Waals surface area contributed by atoms with Gasteiger partial charge >= 0.3 is 0 Å². The summed E-state index contributed by atoms with van der Waals surface area (Å²) in [6.07, 6.45) is 0. The lowest BCUT2D eigenvalue weighted by molar-refractivity contribution is 0.553. The van der Waals surface area contributed by atoms with Crippen molar-refractivity contribution in [3.05, 3.63) is 30.7 Å². The van der Waals surface area contributed by atoms with E-state index < -0.39 is 5.43 Å². The van der Waals surface area contributed by atoms with Gasteiger partial charge in [-0.3, -0.25) is 4.79 Å². The number of hydrogen-bond acceptors (Lipinski definition) is 2. The summed E-state index contributed by atoms with van der Waals surface area (Å²) in [7, 11) is 0. The van der Waals surface area contributed by atoms with Gasteiger partial charge in [-0.1, -0.05) is 23.2 Å². The van der Waals surface area contributed by atoms with Crippen molar-refractivity contribution in [3.63, 3.8) is 0 Å². The smallest absolute Gasteiger partial charge is 0.225 e. The molecule has 0 spiro atoms. The van der Waals surface area contributed by atoms with Gasteiger partial charge in [0.15, 0.2) is 0 Å². The number of halogens is 4. The monoisotopic (exact) mass is 232 g/mol. The standard InChI is InChI=1S/C5Cl4O2/c6-1-3(10)2(7)5(9)11-4(1)8. The molecule has 0 aliphatic carbocycles. The molecule has 0 radical (unpaired) electrons. The Labute approximate surface area is 81.6 Å². The van der Waals surface area contributed by atoms with Crippen molar-refractivity contribution in [1.82, 2.24) is 0 Å². The van der Waals surface area contributed by atoms with Gasteiger partial charge in [0, 0.05) is 0 Å². The molecule has 2 nitrogen and oxygen atoms in total. The second-order valence-electron chi connectivity index (χ2n) is 1.61. The van der Waals surface area contributed by atoms with E-state index in [1.807, 2.05) is 0 Å². The molecule has 1 heterocycles. The molecule has 1 aromatic heterocycles. The second-order valence-corrected chi connectivity index (χ2v) is 3.05. The summed E-state index contributed by atoms with van der Waals surface area (Å²) in [5.74, 6) is 0. The van der Waals surface area contributed by atoms with Crippen molar-refractivity contribution in [2.45, 2.75) is 0 Å². The largest absolute Gasteiger partial charge is 0.430 e. The van der Waals surface area contributed by atoms with Gasteiger partial charge in [0.2, 0.25) is 15.9 Å². The SMILES string of the molecule is O=c1c(Cl)c(Cl)oc(Cl)c1Cl. The maximum absolute atomic E-state index is 10.9. The molecule has 0 atom stereocenters. The molecule has 11 heavy (non-hydrogen) atoms. The van der Waals surface area contributed by atoms with E-state index in [1.165, 1.54) is 0 Å². The van der Waals surface area contributed by atoms with Crippen LogP contribution in [-0.2, 0) is 0 Å². The molecule has 0 aliphatic rings. The molecule has 1 aromatic rings. The maximum Gasteiger partial charge on any atom is 0.225 e. The first-order chi connectivity index (χ1) is 5.04. The summed E-state index contributed by atoms with van der Waals surface area (Å²) in [4.78, 5) is 10.9. The second kappa shape index (κ2) is 3.23. The van der Waals surface area contributed by atoms with Crippen LogP contribution in [0.1, 0.15) is 0 Å². The Morgan fingerprint density at radius 3 is 1.64 bits per heavy atom. The van der Waals surface area contributed by atoms with E-state index in [-0.39, 0.29) is 20.5 Å². The third-order valence-electron chi connectivity index (χ3n) is 0.923. The molecule has 0 fully saturated rings. The van der Waals surface area contributed by atoms with Gasteiger partial charge in [-0.05, 0) is 23.2 Å². The molecule has 60 valence electrons. The highest BCUT2D eigenvalue weighted by Crippen LogP contribution is 2.26. The Morgan fingerprint density at radius 2 is 1.27 bits per heavy atom. The van der Waals surface area contributed by atoms with Crippen molar-refractivity contribution in [2.24, 2.45) is 0 Å². The Bertz CT molecular complexity index is 314. The predicted molar refractivity (Wildman–Crippen MR) is 45.0 cm³/mol. The lowest BCUT2D eigenvalue weighted by Crippen LogP contribution is -2.02. The maximum atomic E-state index is 10.9. The van der Waals surface area contributed by atoms with Crippen LogP contribution in [0.2, 0.25) is 20.5 Å². The zero-order valence-corrected chi connectivity index (χ0v) is 7.85. The lowest BCUT2D eigenvalue weighted by atomic mass is 10.5. The Morgan fingerprint density at radius 1 is 0.909 bits per heavy atom. The molecule has 0 aliphatic heterocycles. The predicted octanol–water partition coefficient (Wildman–Crippen LogP) is 3.25. The first-order valence-electron chi connectivity index (χ1n) is 2.37. The molecule has 0 N–H and O–H groups in total. The average molecular weight is 234 g/mol. The highest BCUT2D eigenvalue weighted by atomic mass is 35.5. The molecule has 0 aromatic carbocycles. The van der Waals surface area contributed by atoms with Crippen LogP contribution in [0.4, 0.5) is 0 Å². The normalized spacial score (nSPS) is 10.2. The van der Waals surface area contributed by atoms with Crippen LogP contribution < -0.4 is 5.43 Å². The summed E-state index contributed by atoms with van der Waals surface area (Å²) in [5, 5.41) is -1.04. The number of hydrogen-bond donors (Lipinski definition) is 0. The molecule has 0 bridgehead atoms. The van der Waals surface area contributed by atoms with Crippen LogP contribution in [0.15, 0.2) is 9.21 Å². The average Bonchev–Trinajstić information content (AvgIpc) is 1.97. The topological polar surface area (TPSA) is 30.2 Å². The molecule has 0 saturated heterocycles. The molecule has 0 saturated carbocycles. The van der Waals surface area contributed by atoms with Gasteiger partial charge in [0.05, 0.1) is 0 Å².